The minimum atomic E-state index is 0.314. The number of carbonyl (C=O) groups is 1. The summed E-state index contributed by atoms with van der Waals surface area (Å²) in [6.07, 6.45) is 1.69. The van der Waals surface area contributed by atoms with Crippen molar-refractivity contribution in [1.29, 1.82) is 0 Å². The molecule has 0 aromatic heterocycles. The zero-order chi connectivity index (χ0) is 10.7. The molecule has 15 heavy (non-hydrogen) atoms. The van der Waals surface area contributed by atoms with Crippen molar-refractivity contribution in [3.8, 4) is 0 Å². The van der Waals surface area contributed by atoms with Crippen LogP contribution >= 0.6 is 34.4 Å². The van der Waals surface area contributed by atoms with E-state index in [1.165, 1.54) is 3.57 Å². The zero-order valence-corrected chi connectivity index (χ0v) is 11.4. The number of hydrogen-bond donors (Lipinski definition) is 0. The average molecular weight is 332 g/mol. The molecule has 0 radical (unpaired) electrons. The lowest BCUT2D eigenvalue weighted by Crippen LogP contribution is -2.15. The van der Waals surface area contributed by atoms with Crippen LogP contribution in [0.2, 0.25) is 0 Å². The summed E-state index contributed by atoms with van der Waals surface area (Å²) in [6, 6.07) is 8.24. The highest BCUT2D eigenvalue weighted by molar-refractivity contribution is 14.1. The first-order valence-corrected chi connectivity index (χ1v) is 7.34. The molecule has 1 nitrogen and oxygen atoms in total. The van der Waals surface area contributed by atoms with E-state index in [1.54, 1.807) is 0 Å². The number of hydrogen-bond acceptors (Lipinski definition) is 2. The second-order valence-electron chi connectivity index (χ2n) is 3.83. The molecule has 1 aliphatic rings. The second kappa shape index (κ2) is 5.34. The van der Waals surface area contributed by atoms with Gasteiger partial charge in [-0.1, -0.05) is 12.1 Å². The Labute approximate surface area is 108 Å². The van der Waals surface area contributed by atoms with Crippen molar-refractivity contribution < 1.29 is 4.79 Å². The highest BCUT2D eigenvalue weighted by atomic mass is 127. The van der Waals surface area contributed by atoms with Crippen LogP contribution in [0.1, 0.15) is 12.0 Å². The highest BCUT2D eigenvalue weighted by Crippen LogP contribution is 2.25. The number of thioether (sulfide) groups is 1. The van der Waals surface area contributed by atoms with Crippen LogP contribution in [-0.4, -0.2) is 17.3 Å². The van der Waals surface area contributed by atoms with E-state index in [-0.39, 0.29) is 0 Å². The summed E-state index contributed by atoms with van der Waals surface area (Å²) in [5, 5.41) is 0. The first-order valence-electron chi connectivity index (χ1n) is 5.10. The number of Topliss-reactive ketones (excluding diaryl/α,β-unsaturated/α-hetero) is 1. The molecular formula is C12H13IOS. The van der Waals surface area contributed by atoms with Crippen LogP contribution in [0, 0.1) is 9.49 Å². The van der Waals surface area contributed by atoms with Gasteiger partial charge in [0.2, 0.25) is 0 Å². The molecule has 0 amide bonds. The lowest BCUT2D eigenvalue weighted by atomic mass is 9.97. The van der Waals surface area contributed by atoms with E-state index >= 15 is 0 Å². The monoisotopic (exact) mass is 332 g/mol. The van der Waals surface area contributed by atoms with Crippen molar-refractivity contribution in [3.63, 3.8) is 0 Å². The molecule has 0 bridgehead atoms. The third-order valence-corrected chi connectivity index (χ3v) is 4.56. The van der Waals surface area contributed by atoms with Crippen molar-refractivity contribution in [2.24, 2.45) is 5.92 Å². The van der Waals surface area contributed by atoms with Gasteiger partial charge in [-0.25, -0.2) is 0 Å². The SMILES string of the molecule is O=C(Cc1ccc(I)cc1)C1CCSC1. The van der Waals surface area contributed by atoms with Gasteiger partial charge in [-0.15, -0.1) is 0 Å². The van der Waals surface area contributed by atoms with Crippen LogP contribution in [0.3, 0.4) is 0 Å². The quantitative estimate of drug-likeness (QED) is 0.791. The van der Waals surface area contributed by atoms with E-state index in [2.05, 4.69) is 46.9 Å². The van der Waals surface area contributed by atoms with Gasteiger partial charge in [0.1, 0.15) is 5.78 Å². The Kier molecular flexibility index (Phi) is 4.08. The van der Waals surface area contributed by atoms with E-state index < -0.39 is 0 Å². The van der Waals surface area contributed by atoms with Gasteiger partial charge in [-0.2, -0.15) is 11.8 Å². The van der Waals surface area contributed by atoms with E-state index in [9.17, 15) is 4.79 Å². The Balaban J connectivity index is 1.96. The largest absolute Gasteiger partial charge is 0.299 e. The average Bonchev–Trinajstić information content (AvgIpc) is 2.74. The van der Waals surface area contributed by atoms with Crippen LogP contribution in [0.15, 0.2) is 24.3 Å². The van der Waals surface area contributed by atoms with Gasteiger partial charge in [0.15, 0.2) is 0 Å². The molecule has 0 spiro atoms. The third-order valence-electron chi connectivity index (χ3n) is 2.68. The molecule has 1 saturated heterocycles. The molecule has 1 aromatic carbocycles. The van der Waals surface area contributed by atoms with E-state index in [1.807, 2.05) is 11.8 Å². The number of benzene rings is 1. The maximum absolute atomic E-state index is 11.9. The van der Waals surface area contributed by atoms with E-state index in [0.717, 1.165) is 23.5 Å². The Morgan fingerprint density at radius 2 is 2.13 bits per heavy atom. The van der Waals surface area contributed by atoms with Crippen LogP contribution in [0.25, 0.3) is 0 Å². The molecule has 1 unspecified atom stereocenters. The lowest BCUT2D eigenvalue weighted by Gasteiger charge is -2.06. The van der Waals surface area contributed by atoms with Crippen molar-refractivity contribution in [1.82, 2.24) is 0 Å². The molecule has 80 valence electrons. The summed E-state index contributed by atoms with van der Waals surface area (Å²) >= 11 is 4.18. The van der Waals surface area contributed by atoms with E-state index in [0.29, 0.717) is 18.1 Å². The molecule has 0 saturated carbocycles. The van der Waals surface area contributed by atoms with Gasteiger partial charge < -0.3 is 0 Å². The van der Waals surface area contributed by atoms with Gasteiger partial charge in [-0.3, -0.25) is 4.79 Å². The fraction of sp³-hybridized carbons (Fsp3) is 0.417. The fourth-order valence-electron chi connectivity index (χ4n) is 1.74. The smallest absolute Gasteiger partial charge is 0.141 e. The Hall–Kier alpha value is -0.0300. The summed E-state index contributed by atoms with van der Waals surface area (Å²) in [4.78, 5) is 11.9. The summed E-state index contributed by atoms with van der Waals surface area (Å²) in [6.45, 7) is 0. The Morgan fingerprint density at radius 1 is 1.40 bits per heavy atom. The summed E-state index contributed by atoms with van der Waals surface area (Å²) < 4.78 is 1.22. The van der Waals surface area contributed by atoms with Crippen molar-refractivity contribution in [2.75, 3.05) is 11.5 Å². The number of ketones is 1. The van der Waals surface area contributed by atoms with Crippen molar-refractivity contribution in [2.45, 2.75) is 12.8 Å². The van der Waals surface area contributed by atoms with Crippen molar-refractivity contribution >= 4 is 40.1 Å². The zero-order valence-electron chi connectivity index (χ0n) is 8.41. The number of halogens is 1. The van der Waals surface area contributed by atoms with Gasteiger partial charge >= 0.3 is 0 Å². The molecule has 1 aliphatic heterocycles. The van der Waals surface area contributed by atoms with Crippen LogP contribution in [0.5, 0.6) is 0 Å². The molecule has 0 aliphatic carbocycles. The van der Waals surface area contributed by atoms with Crippen LogP contribution < -0.4 is 0 Å². The normalized spacial score (nSPS) is 20.5. The maximum Gasteiger partial charge on any atom is 0.141 e. The van der Waals surface area contributed by atoms with Crippen LogP contribution in [0.4, 0.5) is 0 Å². The fourth-order valence-corrected chi connectivity index (χ4v) is 3.35. The molecule has 1 atom stereocenters. The summed E-state index contributed by atoms with van der Waals surface area (Å²) in [5.41, 5.74) is 1.15. The molecule has 1 fully saturated rings. The molecular weight excluding hydrogens is 319 g/mol. The standard InChI is InChI=1S/C12H13IOS/c13-11-3-1-9(2-4-11)7-12(14)10-5-6-15-8-10/h1-4,10H,5-8H2. The lowest BCUT2D eigenvalue weighted by molar-refractivity contribution is -0.121. The molecule has 3 heteroatoms. The summed E-state index contributed by atoms with van der Waals surface area (Å²) in [7, 11) is 0. The maximum atomic E-state index is 11.9. The minimum absolute atomic E-state index is 0.314. The second-order valence-corrected chi connectivity index (χ2v) is 6.23. The molecule has 1 aromatic rings. The number of carbonyl (C=O) groups excluding carboxylic acids is 1. The highest BCUT2D eigenvalue weighted by Gasteiger charge is 2.22. The molecule has 1 heterocycles. The summed E-state index contributed by atoms with van der Waals surface area (Å²) in [5.74, 6) is 2.92. The number of rotatable bonds is 3. The Bertz CT molecular complexity index is 341. The Morgan fingerprint density at radius 3 is 2.73 bits per heavy atom. The van der Waals surface area contributed by atoms with Crippen LogP contribution in [-0.2, 0) is 11.2 Å². The molecule has 2 rings (SSSR count). The van der Waals surface area contributed by atoms with Gasteiger partial charge in [0.05, 0.1) is 0 Å². The first-order chi connectivity index (χ1) is 7.25. The van der Waals surface area contributed by atoms with Crippen molar-refractivity contribution in [3.05, 3.63) is 33.4 Å². The van der Waals surface area contributed by atoms with E-state index in [4.69, 9.17) is 0 Å². The minimum Gasteiger partial charge on any atom is -0.299 e. The van der Waals surface area contributed by atoms with Gasteiger partial charge in [0, 0.05) is 21.7 Å². The third kappa shape index (κ3) is 3.21. The topological polar surface area (TPSA) is 17.1 Å². The van der Waals surface area contributed by atoms with Gasteiger partial charge in [0.25, 0.3) is 0 Å². The predicted octanol–water partition coefficient (Wildman–Crippen LogP) is 3.16. The van der Waals surface area contributed by atoms with Gasteiger partial charge in [-0.05, 0) is 52.5 Å². The predicted molar refractivity (Wildman–Crippen MR) is 73.3 cm³/mol. The molecule has 0 N–H and O–H groups in total. The first kappa shape index (κ1) is 11.5.